The molecule has 0 aromatic carbocycles. The molecule has 0 spiro atoms. The van der Waals surface area contributed by atoms with Crippen LogP contribution in [0, 0.1) is 11.3 Å². The summed E-state index contributed by atoms with van der Waals surface area (Å²) in [6.45, 7) is 8.98. The predicted octanol–water partition coefficient (Wildman–Crippen LogP) is 2.75. The molecule has 12 heavy (non-hydrogen) atoms. The zero-order chi connectivity index (χ0) is 9.19. The number of aliphatic hydroxyl groups excluding tert-OH is 1. The van der Waals surface area contributed by atoms with E-state index >= 15 is 0 Å². The van der Waals surface area contributed by atoms with Gasteiger partial charge in [-0.3, -0.25) is 0 Å². The van der Waals surface area contributed by atoms with E-state index in [1.165, 1.54) is 18.4 Å². The second-order valence-corrected chi connectivity index (χ2v) is 4.57. The molecular weight excluding hydrogens is 148 g/mol. The molecule has 0 bridgehead atoms. The Morgan fingerprint density at radius 2 is 2.25 bits per heavy atom. The van der Waals surface area contributed by atoms with Gasteiger partial charge in [0.25, 0.3) is 0 Å². The summed E-state index contributed by atoms with van der Waals surface area (Å²) in [6, 6.07) is 0. The van der Waals surface area contributed by atoms with Gasteiger partial charge in [-0.25, -0.2) is 0 Å². The van der Waals surface area contributed by atoms with Crippen LogP contribution in [0.25, 0.3) is 0 Å². The van der Waals surface area contributed by atoms with E-state index in [1.54, 1.807) is 0 Å². The fraction of sp³-hybridized carbons (Fsp3) is 0.818. The number of rotatable bonds is 2. The van der Waals surface area contributed by atoms with E-state index < -0.39 is 0 Å². The highest BCUT2D eigenvalue weighted by molar-refractivity contribution is 5.09. The molecule has 0 heterocycles. The van der Waals surface area contributed by atoms with Crippen molar-refractivity contribution in [3.05, 3.63) is 12.2 Å². The zero-order valence-electron chi connectivity index (χ0n) is 8.27. The van der Waals surface area contributed by atoms with Gasteiger partial charge < -0.3 is 5.11 Å². The highest BCUT2D eigenvalue weighted by atomic mass is 16.3. The fourth-order valence-corrected chi connectivity index (χ4v) is 2.40. The quantitative estimate of drug-likeness (QED) is 0.629. The van der Waals surface area contributed by atoms with Gasteiger partial charge in [0.1, 0.15) is 0 Å². The van der Waals surface area contributed by atoms with Crippen molar-refractivity contribution in [3.8, 4) is 0 Å². The van der Waals surface area contributed by atoms with Gasteiger partial charge in [0, 0.05) is 6.61 Å². The lowest BCUT2D eigenvalue weighted by molar-refractivity contribution is 0.149. The Morgan fingerprint density at radius 1 is 1.58 bits per heavy atom. The minimum Gasteiger partial charge on any atom is -0.396 e. The first-order chi connectivity index (χ1) is 5.58. The van der Waals surface area contributed by atoms with Gasteiger partial charge >= 0.3 is 0 Å². The highest BCUT2D eigenvalue weighted by Crippen LogP contribution is 2.44. The summed E-state index contributed by atoms with van der Waals surface area (Å²) in [6.07, 6.45) is 4.60. The van der Waals surface area contributed by atoms with E-state index in [0.717, 1.165) is 12.8 Å². The van der Waals surface area contributed by atoms with Crippen LogP contribution >= 0.6 is 0 Å². The molecule has 1 heteroatoms. The summed E-state index contributed by atoms with van der Waals surface area (Å²) in [5.41, 5.74) is 1.71. The molecule has 1 fully saturated rings. The van der Waals surface area contributed by atoms with Crippen molar-refractivity contribution in [2.24, 2.45) is 11.3 Å². The Labute approximate surface area is 75.5 Å². The SMILES string of the molecule is C=C1CCCC(C)(C)[C@@H]1CCO. The summed E-state index contributed by atoms with van der Waals surface area (Å²) in [7, 11) is 0. The average molecular weight is 168 g/mol. The summed E-state index contributed by atoms with van der Waals surface area (Å²) < 4.78 is 0. The molecule has 0 aromatic heterocycles. The summed E-state index contributed by atoms with van der Waals surface area (Å²) >= 11 is 0. The van der Waals surface area contributed by atoms with Crippen molar-refractivity contribution in [2.45, 2.75) is 39.5 Å². The van der Waals surface area contributed by atoms with Gasteiger partial charge in [-0.1, -0.05) is 26.0 Å². The molecule has 1 saturated carbocycles. The fourth-order valence-electron chi connectivity index (χ4n) is 2.40. The van der Waals surface area contributed by atoms with Crippen LogP contribution in [0.5, 0.6) is 0 Å². The third kappa shape index (κ3) is 1.89. The Balaban J connectivity index is 2.67. The molecule has 1 aliphatic carbocycles. The molecule has 0 saturated heterocycles. The normalized spacial score (nSPS) is 28.9. The molecule has 0 amide bonds. The molecule has 0 radical (unpaired) electrons. The smallest absolute Gasteiger partial charge is 0.0436 e. The van der Waals surface area contributed by atoms with Gasteiger partial charge in [-0.05, 0) is 37.0 Å². The van der Waals surface area contributed by atoms with Crippen LogP contribution < -0.4 is 0 Å². The van der Waals surface area contributed by atoms with E-state index in [9.17, 15) is 0 Å². The molecule has 0 aliphatic heterocycles. The summed E-state index contributed by atoms with van der Waals surface area (Å²) in [5, 5.41) is 8.93. The lowest BCUT2D eigenvalue weighted by Gasteiger charge is -2.40. The van der Waals surface area contributed by atoms with Crippen molar-refractivity contribution in [1.29, 1.82) is 0 Å². The van der Waals surface area contributed by atoms with E-state index in [0.29, 0.717) is 17.9 Å². The number of hydrogen-bond acceptors (Lipinski definition) is 1. The van der Waals surface area contributed by atoms with Crippen molar-refractivity contribution >= 4 is 0 Å². The molecular formula is C11H20O. The first-order valence-electron chi connectivity index (χ1n) is 4.86. The second kappa shape index (κ2) is 3.61. The van der Waals surface area contributed by atoms with Crippen LogP contribution in [-0.4, -0.2) is 11.7 Å². The Kier molecular flexibility index (Phi) is 2.94. The largest absolute Gasteiger partial charge is 0.396 e. The molecule has 1 nitrogen and oxygen atoms in total. The minimum atomic E-state index is 0.299. The molecule has 0 unspecified atom stereocenters. The second-order valence-electron chi connectivity index (χ2n) is 4.57. The minimum absolute atomic E-state index is 0.299. The Hall–Kier alpha value is -0.300. The third-order valence-corrected chi connectivity index (χ3v) is 3.17. The number of hydrogen-bond donors (Lipinski definition) is 1. The van der Waals surface area contributed by atoms with E-state index in [4.69, 9.17) is 5.11 Å². The summed E-state index contributed by atoms with van der Waals surface area (Å²) in [5.74, 6) is 0.538. The Morgan fingerprint density at radius 3 is 2.75 bits per heavy atom. The maximum absolute atomic E-state index is 8.93. The maximum atomic E-state index is 8.93. The van der Waals surface area contributed by atoms with Crippen molar-refractivity contribution in [1.82, 2.24) is 0 Å². The van der Waals surface area contributed by atoms with Crippen LogP contribution in [-0.2, 0) is 0 Å². The number of aliphatic hydroxyl groups is 1. The summed E-state index contributed by atoms with van der Waals surface area (Å²) in [4.78, 5) is 0. The maximum Gasteiger partial charge on any atom is 0.0436 e. The van der Waals surface area contributed by atoms with Gasteiger partial charge in [0.2, 0.25) is 0 Å². The van der Waals surface area contributed by atoms with Crippen LogP contribution in [0.1, 0.15) is 39.5 Å². The molecule has 0 aromatic rings. The van der Waals surface area contributed by atoms with E-state index in [-0.39, 0.29) is 0 Å². The molecule has 1 aliphatic rings. The molecule has 1 N–H and O–H groups in total. The van der Waals surface area contributed by atoms with Crippen molar-refractivity contribution in [2.75, 3.05) is 6.61 Å². The first-order valence-corrected chi connectivity index (χ1v) is 4.86. The van der Waals surface area contributed by atoms with Crippen LogP contribution in [0.15, 0.2) is 12.2 Å². The predicted molar refractivity (Wildman–Crippen MR) is 52.0 cm³/mol. The number of allylic oxidation sites excluding steroid dienone is 1. The molecule has 70 valence electrons. The van der Waals surface area contributed by atoms with Gasteiger partial charge in [0.05, 0.1) is 0 Å². The lowest BCUT2D eigenvalue weighted by Crippen LogP contribution is -2.30. The monoisotopic (exact) mass is 168 g/mol. The van der Waals surface area contributed by atoms with E-state index in [2.05, 4.69) is 20.4 Å². The van der Waals surface area contributed by atoms with Gasteiger partial charge in [0.15, 0.2) is 0 Å². The van der Waals surface area contributed by atoms with Crippen LogP contribution in [0.4, 0.5) is 0 Å². The first kappa shape index (κ1) is 9.79. The topological polar surface area (TPSA) is 20.2 Å². The van der Waals surface area contributed by atoms with Crippen LogP contribution in [0.2, 0.25) is 0 Å². The standard InChI is InChI=1S/C11H20O/c1-9-5-4-7-11(2,3)10(9)6-8-12/h10,12H,1,4-8H2,2-3H3/t10-/m1/s1. The Bertz CT molecular complexity index is 170. The average Bonchev–Trinajstić information content (AvgIpc) is 1.97. The third-order valence-electron chi connectivity index (χ3n) is 3.17. The van der Waals surface area contributed by atoms with E-state index in [1.807, 2.05) is 0 Å². The zero-order valence-corrected chi connectivity index (χ0v) is 8.27. The lowest BCUT2D eigenvalue weighted by atomic mass is 9.66. The molecule has 1 rings (SSSR count). The van der Waals surface area contributed by atoms with Crippen LogP contribution in [0.3, 0.4) is 0 Å². The van der Waals surface area contributed by atoms with Gasteiger partial charge in [-0.2, -0.15) is 0 Å². The van der Waals surface area contributed by atoms with Crippen molar-refractivity contribution in [3.63, 3.8) is 0 Å². The van der Waals surface area contributed by atoms with Crippen molar-refractivity contribution < 1.29 is 5.11 Å². The van der Waals surface area contributed by atoms with Gasteiger partial charge in [-0.15, -0.1) is 0 Å². The molecule has 1 atom stereocenters. The highest BCUT2D eigenvalue weighted by Gasteiger charge is 2.33.